The van der Waals surface area contributed by atoms with Crippen LogP contribution in [0.25, 0.3) is 10.9 Å². The van der Waals surface area contributed by atoms with Gasteiger partial charge in [0.25, 0.3) is 5.91 Å². The summed E-state index contributed by atoms with van der Waals surface area (Å²) in [5.74, 6) is 0.106. The Hall–Kier alpha value is -2.65. The fourth-order valence-corrected chi connectivity index (χ4v) is 4.61. The number of benzene rings is 2. The SMILES string of the molecule is O=C(NC(Cc1cc(=O)[nH]c2ccccc12)C(=O)SCCC1OCCO1)c1ccc(Cl)cc1. The van der Waals surface area contributed by atoms with Crippen molar-refractivity contribution in [1.29, 1.82) is 0 Å². The standard InChI is InChI=1S/C24H23ClN2O5S/c25-17-7-5-15(6-8-17)23(29)27-20(24(30)33-12-9-22-31-10-11-32-22)13-16-14-21(28)26-19-4-2-1-3-18(16)19/h1-8,14,20,22H,9-13H2,(H,26,28)(H,27,29). The van der Waals surface area contributed by atoms with Crippen molar-refractivity contribution in [3.63, 3.8) is 0 Å². The number of ether oxygens (including phenoxy) is 2. The van der Waals surface area contributed by atoms with E-state index in [1.54, 1.807) is 30.3 Å². The first-order valence-corrected chi connectivity index (χ1v) is 11.9. The van der Waals surface area contributed by atoms with Crippen LogP contribution >= 0.6 is 23.4 Å². The summed E-state index contributed by atoms with van der Waals surface area (Å²) in [6.07, 6.45) is 0.456. The van der Waals surface area contributed by atoms with Crippen LogP contribution in [0.5, 0.6) is 0 Å². The minimum atomic E-state index is -0.825. The summed E-state index contributed by atoms with van der Waals surface area (Å²) < 4.78 is 10.8. The number of aromatic amines is 1. The molecule has 0 aliphatic carbocycles. The zero-order valence-corrected chi connectivity index (χ0v) is 19.3. The molecule has 7 nitrogen and oxygen atoms in total. The first-order chi connectivity index (χ1) is 16.0. The second-order valence-corrected chi connectivity index (χ2v) is 9.10. The number of rotatable bonds is 8. The third kappa shape index (κ3) is 6.23. The fourth-order valence-electron chi connectivity index (χ4n) is 3.63. The van der Waals surface area contributed by atoms with Crippen molar-refractivity contribution in [2.45, 2.75) is 25.2 Å². The van der Waals surface area contributed by atoms with Crippen LogP contribution < -0.4 is 10.9 Å². The number of carbonyl (C=O) groups is 2. The lowest BCUT2D eigenvalue weighted by Gasteiger charge is -2.19. The van der Waals surface area contributed by atoms with E-state index in [2.05, 4.69) is 10.3 Å². The summed E-state index contributed by atoms with van der Waals surface area (Å²) in [6, 6.07) is 14.5. The molecule has 2 N–H and O–H groups in total. The highest BCUT2D eigenvalue weighted by atomic mass is 35.5. The number of hydrogen-bond donors (Lipinski definition) is 2. The maximum atomic E-state index is 13.1. The molecular weight excluding hydrogens is 464 g/mol. The molecule has 1 aromatic heterocycles. The number of thioether (sulfide) groups is 1. The Bertz CT molecular complexity index is 1190. The first-order valence-electron chi connectivity index (χ1n) is 10.6. The van der Waals surface area contributed by atoms with Crippen molar-refractivity contribution in [3.8, 4) is 0 Å². The predicted octanol–water partition coefficient (Wildman–Crippen LogP) is 3.55. The van der Waals surface area contributed by atoms with E-state index in [-0.39, 0.29) is 29.3 Å². The number of hydrogen-bond acceptors (Lipinski definition) is 6. The molecule has 2 aromatic carbocycles. The van der Waals surface area contributed by atoms with Crippen molar-refractivity contribution in [2.75, 3.05) is 19.0 Å². The van der Waals surface area contributed by atoms with Gasteiger partial charge in [0.1, 0.15) is 6.04 Å². The number of para-hydroxylation sites is 1. The van der Waals surface area contributed by atoms with Gasteiger partial charge in [0.2, 0.25) is 10.7 Å². The lowest BCUT2D eigenvalue weighted by molar-refractivity contribution is -0.112. The monoisotopic (exact) mass is 486 g/mol. The van der Waals surface area contributed by atoms with Gasteiger partial charge < -0.3 is 19.8 Å². The molecule has 1 aliphatic heterocycles. The van der Waals surface area contributed by atoms with Gasteiger partial charge >= 0.3 is 0 Å². The zero-order valence-electron chi connectivity index (χ0n) is 17.7. The average molecular weight is 487 g/mol. The summed E-state index contributed by atoms with van der Waals surface area (Å²) in [5.41, 5.74) is 1.50. The largest absolute Gasteiger partial charge is 0.350 e. The van der Waals surface area contributed by atoms with Crippen molar-refractivity contribution >= 4 is 45.3 Å². The minimum Gasteiger partial charge on any atom is -0.350 e. The smallest absolute Gasteiger partial charge is 0.251 e. The molecule has 0 spiro atoms. The number of pyridine rings is 1. The quantitative estimate of drug-likeness (QED) is 0.505. The van der Waals surface area contributed by atoms with Crippen LogP contribution in [-0.2, 0) is 20.7 Å². The van der Waals surface area contributed by atoms with Gasteiger partial charge in [-0.3, -0.25) is 14.4 Å². The fraction of sp³-hybridized carbons (Fsp3) is 0.292. The Balaban J connectivity index is 1.54. The summed E-state index contributed by atoms with van der Waals surface area (Å²) in [6.45, 7) is 1.11. The molecule has 172 valence electrons. The average Bonchev–Trinajstić information content (AvgIpc) is 3.32. The second-order valence-electron chi connectivity index (χ2n) is 7.57. The molecule has 0 saturated carbocycles. The summed E-state index contributed by atoms with van der Waals surface area (Å²) >= 11 is 7.04. The van der Waals surface area contributed by atoms with Gasteiger partial charge in [0.05, 0.1) is 13.2 Å². The van der Waals surface area contributed by atoms with Crippen LogP contribution in [0.4, 0.5) is 0 Å². The lowest BCUT2D eigenvalue weighted by atomic mass is 10.0. The minimum absolute atomic E-state index is 0.187. The van der Waals surface area contributed by atoms with Gasteiger partial charge in [0, 0.05) is 46.1 Å². The van der Waals surface area contributed by atoms with E-state index in [1.165, 1.54) is 6.07 Å². The van der Waals surface area contributed by atoms with Gasteiger partial charge in [-0.2, -0.15) is 0 Å². The van der Waals surface area contributed by atoms with Crippen LogP contribution in [0.1, 0.15) is 22.3 Å². The Morgan fingerprint density at radius 2 is 1.85 bits per heavy atom. The lowest BCUT2D eigenvalue weighted by Crippen LogP contribution is -2.41. The molecule has 1 aliphatic rings. The molecule has 4 rings (SSSR count). The molecule has 1 unspecified atom stereocenters. The van der Waals surface area contributed by atoms with E-state index in [0.29, 0.717) is 47.1 Å². The van der Waals surface area contributed by atoms with Crippen molar-refractivity contribution in [1.82, 2.24) is 10.3 Å². The Morgan fingerprint density at radius 3 is 2.61 bits per heavy atom. The third-order valence-electron chi connectivity index (χ3n) is 5.25. The van der Waals surface area contributed by atoms with Crippen LogP contribution in [0.15, 0.2) is 59.4 Å². The number of fused-ring (bicyclic) bond motifs is 1. The molecule has 33 heavy (non-hydrogen) atoms. The number of carbonyl (C=O) groups excluding carboxylic acids is 2. The Morgan fingerprint density at radius 1 is 1.12 bits per heavy atom. The summed E-state index contributed by atoms with van der Waals surface area (Å²) in [4.78, 5) is 40.9. The van der Waals surface area contributed by atoms with E-state index in [0.717, 1.165) is 17.1 Å². The van der Waals surface area contributed by atoms with E-state index < -0.39 is 6.04 Å². The van der Waals surface area contributed by atoms with Crippen LogP contribution in [0, 0.1) is 0 Å². The van der Waals surface area contributed by atoms with Gasteiger partial charge in [-0.15, -0.1) is 0 Å². The summed E-state index contributed by atoms with van der Waals surface area (Å²) in [7, 11) is 0. The first kappa shape index (κ1) is 23.5. The van der Waals surface area contributed by atoms with Gasteiger partial charge in [-0.25, -0.2) is 0 Å². The molecule has 0 radical (unpaired) electrons. The van der Waals surface area contributed by atoms with E-state index in [1.807, 2.05) is 18.2 Å². The predicted molar refractivity (Wildman–Crippen MR) is 129 cm³/mol. The Kier molecular flexibility index (Phi) is 7.82. The normalized spacial score (nSPS) is 14.9. The highest BCUT2D eigenvalue weighted by molar-refractivity contribution is 8.13. The number of aromatic nitrogens is 1. The Labute approximate surface area is 199 Å². The number of H-pyrrole nitrogens is 1. The maximum absolute atomic E-state index is 13.1. The van der Waals surface area contributed by atoms with Crippen LogP contribution in [0.3, 0.4) is 0 Å². The zero-order chi connectivity index (χ0) is 23.2. The van der Waals surface area contributed by atoms with Crippen LogP contribution in [-0.4, -0.2) is 47.3 Å². The highest BCUT2D eigenvalue weighted by Gasteiger charge is 2.24. The maximum Gasteiger partial charge on any atom is 0.251 e. The molecule has 1 atom stereocenters. The molecule has 1 amide bonds. The number of halogens is 1. The molecule has 2 heterocycles. The summed E-state index contributed by atoms with van der Waals surface area (Å²) in [5, 5.41) is 3.98. The van der Waals surface area contributed by atoms with Gasteiger partial charge in [-0.05, 0) is 35.9 Å². The third-order valence-corrected chi connectivity index (χ3v) is 6.51. The van der Waals surface area contributed by atoms with Crippen molar-refractivity contribution < 1.29 is 19.1 Å². The van der Waals surface area contributed by atoms with Crippen molar-refractivity contribution in [3.05, 3.63) is 81.1 Å². The molecular formula is C24H23ClN2O5S. The number of amides is 1. The molecule has 1 saturated heterocycles. The van der Waals surface area contributed by atoms with E-state index in [4.69, 9.17) is 21.1 Å². The second kappa shape index (κ2) is 11.0. The van der Waals surface area contributed by atoms with Crippen molar-refractivity contribution in [2.24, 2.45) is 0 Å². The van der Waals surface area contributed by atoms with Gasteiger partial charge in [0.15, 0.2) is 6.29 Å². The van der Waals surface area contributed by atoms with Gasteiger partial charge in [-0.1, -0.05) is 41.6 Å². The molecule has 0 bridgehead atoms. The molecule has 3 aromatic rings. The van der Waals surface area contributed by atoms with Crippen LogP contribution in [0.2, 0.25) is 5.02 Å². The highest BCUT2D eigenvalue weighted by Crippen LogP contribution is 2.20. The van der Waals surface area contributed by atoms with E-state index >= 15 is 0 Å². The van der Waals surface area contributed by atoms with E-state index in [9.17, 15) is 14.4 Å². The topological polar surface area (TPSA) is 97.5 Å². The molecule has 1 fully saturated rings. The number of nitrogens with one attached hydrogen (secondary N) is 2. The molecule has 9 heteroatoms.